The standard InChI is InChI=1S/C23H22FN5O4S/c1-14(18-11-16(24)4-6-20(18)29-27-8-9-28-29)33-22-10-15(13-26-23(22)25)19-12-17(34(3,30)31)5-7-21(19)32-2/h4-14H,1-3H3,(H2,25,26)/t14-/m1/s1. The lowest BCUT2D eigenvalue weighted by Crippen LogP contribution is -2.11. The van der Waals surface area contributed by atoms with Crippen LogP contribution in [0.5, 0.6) is 11.5 Å². The Labute approximate surface area is 195 Å². The molecule has 0 bridgehead atoms. The third-order valence-electron chi connectivity index (χ3n) is 5.16. The maximum absolute atomic E-state index is 14.1. The van der Waals surface area contributed by atoms with E-state index in [0.29, 0.717) is 28.1 Å². The van der Waals surface area contributed by atoms with Gasteiger partial charge in [0, 0.05) is 29.1 Å². The van der Waals surface area contributed by atoms with Crippen molar-refractivity contribution in [2.75, 3.05) is 19.1 Å². The molecule has 0 aliphatic heterocycles. The van der Waals surface area contributed by atoms with Crippen LogP contribution in [0.2, 0.25) is 0 Å². The van der Waals surface area contributed by atoms with E-state index < -0.39 is 21.8 Å². The highest BCUT2D eigenvalue weighted by atomic mass is 32.2. The van der Waals surface area contributed by atoms with Gasteiger partial charge in [0.05, 0.1) is 30.1 Å². The summed E-state index contributed by atoms with van der Waals surface area (Å²) in [6.07, 6.45) is 5.00. The largest absolute Gasteiger partial charge is 0.496 e. The fourth-order valence-corrected chi connectivity index (χ4v) is 4.11. The van der Waals surface area contributed by atoms with Gasteiger partial charge < -0.3 is 15.2 Å². The predicted octanol–water partition coefficient (Wildman–Crippen LogP) is 3.60. The Morgan fingerprint density at radius 1 is 1.06 bits per heavy atom. The molecule has 0 aliphatic carbocycles. The molecule has 4 rings (SSSR count). The lowest BCUT2D eigenvalue weighted by Gasteiger charge is -2.19. The second-order valence-electron chi connectivity index (χ2n) is 7.52. The summed E-state index contributed by atoms with van der Waals surface area (Å²) in [5, 5.41) is 8.22. The molecule has 0 spiro atoms. The lowest BCUT2D eigenvalue weighted by atomic mass is 10.1. The molecule has 0 amide bonds. The average molecular weight is 484 g/mol. The van der Waals surface area contributed by atoms with Crippen LogP contribution in [-0.2, 0) is 9.84 Å². The summed E-state index contributed by atoms with van der Waals surface area (Å²) in [5.41, 5.74) is 8.14. The van der Waals surface area contributed by atoms with Crippen molar-refractivity contribution >= 4 is 15.7 Å². The van der Waals surface area contributed by atoms with Gasteiger partial charge in [-0.3, -0.25) is 0 Å². The quantitative estimate of drug-likeness (QED) is 0.423. The minimum Gasteiger partial charge on any atom is -0.496 e. The summed E-state index contributed by atoms with van der Waals surface area (Å²) in [6, 6.07) is 10.4. The summed E-state index contributed by atoms with van der Waals surface area (Å²) < 4.78 is 49.7. The summed E-state index contributed by atoms with van der Waals surface area (Å²) in [4.78, 5) is 5.70. The van der Waals surface area contributed by atoms with Crippen molar-refractivity contribution in [1.82, 2.24) is 20.0 Å². The molecule has 0 fully saturated rings. The number of hydrogen-bond acceptors (Lipinski definition) is 8. The van der Waals surface area contributed by atoms with E-state index in [-0.39, 0.29) is 16.5 Å². The first-order valence-corrected chi connectivity index (χ1v) is 12.0. The molecule has 0 radical (unpaired) electrons. The SMILES string of the molecule is COc1ccc(S(C)(=O)=O)cc1-c1cnc(N)c(O[C@H](C)c2cc(F)ccc2-n2nccn2)c1. The third kappa shape index (κ3) is 4.69. The summed E-state index contributed by atoms with van der Waals surface area (Å²) in [7, 11) is -1.96. The van der Waals surface area contributed by atoms with Crippen LogP contribution in [-0.4, -0.2) is 41.8 Å². The third-order valence-corrected chi connectivity index (χ3v) is 6.27. The number of rotatable bonds is 7. The van der Waals surface area contributed by atoms with Crippen molar-refractivity contribution in [1.29, 1.82) is 0 Å². The Kier molecular flexibility index (Phi) is 6.20. The van der Waals surface area contributed by atoms with Crippen LogP contribution < -0.4 is 15.2 Å². The van der Waals surface area contributed by atoms with E-state index in [1.165, 1.54) is 54.8 Å². The van der Waals surface area contributed by atoms with Crippen LogP contribution in [0.4, 0.5) is 10.2 Å². The van der Waals surface area contributed by atoms with Crippen LogP contribution in [0.3, 0.4) is 0 Å². The van der Waals surface area contributed by atoms with E-state index in [1.54, 1.807) is 25.1 Å². The number of nitrogen functional groups attached to an aromatic ring is 1. The molecule has 2 N–H and O–H groups in total. The Morgan fingerprint density at radius 3 is 2.47 bits per heavy atom. The van der Waals surface area contributed by atoms with Gasteiger partial charge in [-0.15, -0.1) is 0 Å². The minimum absolute atomic E-state index is 0.115. The highest BCUT2D eigenvalue weighted by molar-refractivity contribution is 7.90. The number of nitrogens with two attached hydrogens (primary N) is 1. The number of halogens is 1. The van der Waals surface area contributed by atoms with Crippen LogP contribution >= 0.6 is 0 Å². The molecule has 0 saturated carbocycles. The first-order chi connectivity index (χ1) is 16.2. The molecule has 9 nitrogen and oxygen atoms in total. The number of sulfone groups is 1. The van der Waals surface area contributed by atoms with E-state index >= 15 is 0 Å². The van der Waals surface area contributed by atoms with Crippen LogP contribution in [0.15, 0.2) is 66.0 Å². The van der Waals surface area contributed by atoms with Gasteiger partial charge in [0.1, 0.15) is 17.7 Å². The van der Waals surface area contributed by atoms with Crippen LogP contribution in [0.25, 0.3) is 16.8 Å². The van der Waals surface area contributed by atoms with E-state index in [9.17, 15) is 12.8 Å². The molecular formula is C23H22FN5O4S. The number of methoxy groups -OCH3 is 1. The predicted molar refractivity (Wildman–Crippen MR) is 124 cm³/mol. The van der Waals surface area contributed by atoms with Gasteiger partial charge in [-0.2, -0.15) is 15.0 Å². The van der Waals surface area contributed by atoms with Gasteiger partial charge in [0.2, 0.25) is 0 Å². The molecule has 1 atom stereocenters. The zero-order valence-corrected chi connectivity index (χ0v) is 19.5. The summed E-state index contributed by atoms with van der Waals surface area (Å²) in [6.45, 7) is 1.73. The number of pyridine rings is 1. The van der Waals surface area contributed by atoms with E-state index in [0.717, 1.165) is 6.26 Å². The van der Waals surface area contributed by atoms with E-state index in [1.807, 2.05) is 0 Å². The molecule has 0 saturated heterocycles. The average Bonchev–Trinajstić information content (AvgIpc) is 3.34. The smallest absolute Gasteiger partial charge is 0.175 e. The molecule has 0 aliphatic rings. The number of ether oxygens (including phenoxy) is 2. The summed E-state index contributed by atoms with van der Waals surface area (Å²) in [5.74, 6) is 0.364. The van der Waals surface area contributed by atoms with Crippen molar-refractivity contribution in [3.63, 3.8) is 0 Å². The molecule has 2 heterocycles. The van der Waals surface area contributed by atoms with Gasteiger partial charge in [-0.25, -0.2) is 17.8 Å². The van der Waals surface area contributed by atoms with Gasteiger partial charge in [-0.05, 0) is 49.4 Å². The number of hydrogen-bond donors (Lipinski definition) is 1. The molecule has 0 unspecified atom stereocenters. The monoisotopic (exact) mass is 483 g/mol. The second kappa shape index (κ2) is 9.10. The second-order valence-corrected chi connectivity index (χ2v) is 9.54. The van der Waals surface area contributed by atoms with Crippen molar-refractivity contribution in [3.05, 3.63) is 72.4 Å². The summed E-state index contributed by atoms with van der Waals surface area (Å²) >= 11 is 0. The van der Waals surface area contributed by atoms with E-state index in [2.05, 4.69) is 15.2 Å². The van der Waals surface area contributed by atoms with Gasteiger partial charge in [0.25, 0.3) is 0 Å². The highest BCUT2D eigenvalue weighted by Gasteiger charge is 2.19. The first-order valence-electron chi connectivity index (χ1n) is 10.1. The minimum atomic E-state index is -3.44. The molecule has 34 heavy (non-hydrogen) atoms. The topological polar surface area (TPSA) is 122 Å². The van der Waals surface area contributed by atoms with Crippen molar-refractivity contribution in [2.45, 2.75) is 17.9 Å². The number of anilines is 1. The first kappa shape index (κ1) is 23.2. The van der Waals surface area contributed by atoms with Crippen molar-refractivity contribution in [2.24, 2.45) is 0 Å². The normalized spacial score (nSPS) is 12.4. The lowest BCUT2D eigenvalue weighted by molar-refractivity contribution is 0.226. The molecule has 176 valence electrons. The number of benzene rings is 2. The van der Waals surface area contributed by atoms with Gasteiger partial charge >= 0.3 is 0 Å². The molecule has 4 aromatic rings. The zero-order valence-electron chi connectivity index (χ0n) is 18.6. The maximum Gasteiger partial charge on any atom is 0.175 e. The molecular weight excluding hydrogens is 461 g/mol. The fraction of sp³-hybridized carbons (Fsp3) is 0.174. The fourth-order valence-electron chi connectivity index (χ4n) is 3.47. The van der Waals surface area contributed by atoms with Gasteiger partial charge in [-0.1, -0.05) is 0 Å². The Morgan fingerprint density at radius 2 is 1.79 bits per heavy atom. The van der Waals surface area contributed by atoms with E-state index in [4.69, 9.17) is 15.2 Å². The molecule has 2 aromatic carbocycles. The Balaban J connectivity index is 1.74. The van der Waals surface area contributed by atoms with Crippen LogP contribution in [0.1, 0.15) is 18.6 Å². The maximum atomic E-state index is 14.1. The highest BCUT2D eigenvalue weighted by Crippen LogP contribution is 2.36. The van der Waals surface area contributed by atoms with Gasteiger partial charge in [0.15, 0.2) is 21.4 Å². The van der Waals surface area contributed by atoms with Crippen molar-refractivity contribution in [3.8, 4) is 28.3 Å². The Hall–Kier alpha value is -3.99. The number of aromatic nitrogens is 4. The van der Waals surface area contributed by atoms with Crippen LogP contribution in [0, 0.1) is 5.82 Å². The zero-order chi connectivity index (χ0) is 24.5. The number of nitrogens with zero attached hydrogens (tertiary/aromatic N) is 4. The molecule has 11 heteroatoms. The van der Waals surface area contributed by atoms with Crippen molar-refractivity contribution < 1.29 is 22.3 Å². The Bertz CT molecular complexity index is 1440. The molecule has 2 aromatic heterocycles.